The average molecular weight is 375 g/mol. The quantitative estimate of drug-likeness (QED) is 0.366. The van der Waals surface area contributed by atoms with Crippen LogP contribution in [0.15, 0.2) is 77.2 Å². The summed E-state index contributed by atoms with van der Waals surface area (Å²) in [7, 11) is 0. The van der Waals surface area contributed by atoms with Gasteiger partial charge in [0.15, 0.2) is 5.16 Å². The Labute approximate surface area is 163 Å². The highest BCUT2D eigenvalue weighted by Gasteiger charge is 2.36. The SMILES string of the molecule is C=CCSc1nc2c(c(=O)n1-c1ccccc1)C(C)(C)Cc1ccccc1-2. The van der Waals surface area contributed by atoms with Crippen molar-refractivity contribution in [3.05, 3.63) is 88.7 Å². The Morgan fingerprint density at radius 3 is 2.59 bits per heavy atom. The second-order valence-electron chi connectivity index (χ2n) is 7.41. The van der Waals surface area contributed by atoms with Gasteiger partial charge in [0, 0.05) is 16.7 Å². The summed E-state index contributed by atoms with van der Waals surface area (Å²) >= 11 is 1.54. The van der Waals surface area contributed by atoms with E-state index in [1.807, 2.05) is 42.5 Å². The topological polar surface area (TPSA) is 34.9 Å². The molecule has 3 nitrogen and oxygen atoms in total. The molecule has 0 saturated carbocycles. The van der Waals surface area contributed by atoms with Crippen molar-refractivity contribution in [3.63, 3.8) is 0 Å². The first kappa shape index (κ1) is 17.8. The summed E-state index contributed by atoms with van der Waals surface area (Å²) in [6, 6.07) is 18.0. The lowest BCUT2D eigenvalue weighted by atomic mass is 9.72. The monoisotopic (exact) mass is 374 g/mol. The zero-order valence-corrected chi connectivity index (χ0v) is 16.4. The lowest BCUT2D eigenvalue weighted by Crippen LogP contribution is -2.37. The van der Waals surface area contributed by atoms with E-state index in [0.29, 0.717) is 10.9 Å². The van der Waals surface area contributed by atoms with Gasteiger partial charge < -0.3 is 0 Å². The maximum Gasteiger partial charge on any atom is 0.263 e. The molecule has 2 aromatic carbocycles. The van der Waals surface area contributed by atoms with Crippen LogP contribution in [0.25, 0.3) is 16.9 Å². The first-order valence-electron chi connectivity index (χ1n) is 9.08. The van der Waals surface area contributed by atoms with Crippen LogP contribution in [0.3, 0.4) is 0 Å². The van der Waals surface area contributed by atoms with E-state index in [1.54, 1.807) is 4.57 Å². The Morgan fingerprint density at radius 2 is 1.85 bits per heavy atom. The van der Waals surface area contributed by atoms with E-state index in [4.69, 9.17) is 4.98 Å². The van der Waals surface area contributed by atoms with Gasteiger partial charge in [-0.25, -0.2) is 4.98 Å². The van der Waals surface area contributed by atoms with Crippen molar-refractivity contribution in [3.8, 4) is 16.9 Å². The van der Waals surface area contributed by atoms with Crippen LogP contribution >= 0.6 is 11.8 Å². The molecule has 0 bridgehead atoms. The van der Waals surface area contributed by atoms with Crippen LogP contribution in [0.1, 0.15) is 25.0 Å². The third kappa shape index (κ3) is 3.04. The zero-order valence-electron chi connectivity index (χ0n) is 15.6. The number of benzene rings is 2. The number of aromatic nitrogens is 2. The Hall–Kier alpha value is -2.59. The Morgan fingerprint density at radius 1 is 1.15 bits per heavy atom. The highest BCUT2D eigenvalue weighted by molar-refractivity contribution is 7.99. The van der Waals surface area contributed by atoms with Crippen molar-refractivity contribution >= 4 is 11.8 Å². The fourth-order valence-corrected chi connectivity index (χ4v) is 4.55. The third-order valence-electron chi connectivity index (χ3n) is 4.98. The van der Waals surface area contributed by atoms with Crippen LogP contribution in [0, 0.1) is 0 Å². The lowest BCUT2D eigenvalue weighted by molar-refractivity contribution is 0.499. The summed E-state index contributed by atoms with van der Waals surface area (Å²) in [5, 5.41) is 0.706. The molecule has 0 saturated heterocycles. The molecule has 136 valence electrons. The molecule has 0 amide bonds. The molecule has 1 heterocycles. The predicted molar refractivity (Wildman–Crippen MR) is 113 cm³/mol. The molecule has 1 aliphatic carbocycles. The molecule has 1 aromatic heterocycles. The average Bonchev–Trinajstić information content (AvgIpc) is 2.66. The minimum Gasteiger partial charge on any atom is -0.268 e. The van der Waals surface area contributed by atoms with Gasteiger partial charge in [-0.2, -0.15) is 0 Å². The Balaban J connectivity index is 2.06. The fraction of sp³-hybridized carbons (Fsp3) is 0.217. The number of hydrogen-bond donors (Lipinski definition) is 0. The van der Waals surface area contributed by atoms with Gasteiger partial charge in [0.05, 0.1) is 16.9 Å². The molecule has 3 aromatic rings. The van der Waals surface area contributed by atoms with E-state index in [0.717, 1.165) is 28.9 Å². The Bertz CT molecular complexity index is 1070. The largest absolute Gasteiger partial charge is 0.268 e. The van der Waals surface area contributed by atoms with Crippen LogP contribution in [0.4, 0.5) is 0 Å². The van der Waals surface area contributed by atoms with E-state index in [-0.39, 0.29) is 11.0 Å². The van der Waals surface area contributed by atoms with E-state index >= 15 is 0 Å². The second-order valence-corrected chi connectivity index (χ2v) is 8.40. The first-order chi connectivity index (χ1) is 13.0. The van der Waals surface area contributed by atoms with Gasteiger partial charge >= 0.3 is 0 Å². The molecule has 0 fully saturated rings. The fourth-order valence-electron chi connectivity index (χ4n) is 3.81. The number of hydrogen-bond acceptors (Lipinski definition) is 3. The van der Waals surface area contributed by atoms with Crippen LogP contribution < -0.4 is 5.56 Å². The van der Waals surface area contributed by atoms with E-state index < -0.39 is 0 Å². The number of thioether (sulfide) groups is 1. The van der Waals surface area contributed by atoms with Crippen LogP contribution in [0.2, 0.25) is 0 Å². The van der Waals surface area contributed by atoms with Crippen molar-refractivity contribution < 1.29 is 0 Å². The van der Waals surface area contributed by atoms with Crippen molar-refractivity contribution in [1.82, 2.24) is 9.55 Å². The maximum atomic E-state index is 13.7. The number of rotatable bonds is 4. The second kappa shape index (κ2) is 6.86. The number of nitrogens with zero attached hydrogens (tertiary/aromatic N) is 2. The van der Waals surface area contributed by atoms with Crippen molar-refractivity contribution in [1.29, 1.82) is 0 Å². The molecule has 4 rings (SSSR count). The molecule has 0 aliphatic heterocycles. The molecule has 4 heteroatoms. The van der Waals surface area contributed by atoms with Crippen LogP contribution in [-0.4, -0.2) is 15.3 Å². The Kier molecular flexibility index (Phi) is 4.52. The molecule has 1 aliphatic rings. The molecular weight excluding hydrogens is 352 g/mol. The predicted octanol–water partition coefficient (Wildman–Crippen LogP) is 5.01. The van der Waals surface area contributed by atoms with Gasteiger partial charge in [0.1, 0.15) is 0 Å². The number of para-hydroxylation sites is 1. The minimum absolute atomic E-state index is 0.0252. The summed E-state index contributed by atoms with van der Waals surface area (Å²) in [6.45, 7) is 8.08. The number of fused-ring (bicyclic) bond motifs is 3. The van der Waals surface area contributed by atoms with Gasteiger partial charge in [-0.15, -0.1) is 6.58 Å². The summed E-state index contributed by atoms with van der Waals surface area (Å²) in [5.41, 5.74) is 4.55. The van der Waals surface area contributed by atoms with Gasteiger partial charge in [-0.05, 0) is 24.1 Å². The zero-order chi connectivity index (χ0) is 19.0. The van der Waals surface area contributed by atoms with E-state index in [9.17, 15) is 4.79 Å². The third-order valence-corrected chi connectivity index (χ3v) is 5.91. The normalized spacial score (nSPS) is 14.3. The molecule has 0 radical (unpaired) electrons. The van der Waals surface area contributed by atoms with Gasteiger partial charge in [-0.3, -0.25) is 9.36 Å². The maximum absolute atomic E-state index is 13.7. The lowest BCUT2D eigenvalue weighted by Gasteiger charge is -2.33. The summed E-state index contributed by atoms with van der Waals surface area (Å²) in [6.07, 6.45) is 2.67. The molecule has 0 unspecified atom stereocenters. The van der Waals surface area contributed by atoms with E-state index in [1.165, 1.54) is 17.3 Å². The summed E-state index contributed by atoms with van der Waals surface area (Å²) < 4.78 is 1.75. The van der Waals surface area contributed by atoms with Gasteiger partial charge in [-0.1, -0.05) is 74.1 Å². The van der Waals surface area contributed by atoms with Crippen molar-refractivity contribution in [2.75, 3.05) is 5.75 Å². The van der Waals surface area contributed by atoms with Crippen molar-refractivity contribution in [2.45, 2.75) is 30.8 Å². The van der Waals surface area contributed by atoms with Crippen molar-refractivity contribution in [2.24, 2.45) is 0 Å². The standard InChI is InChI=1S/C23H22N2OS/c1-4-14-27-22-24-20-18-13-9-8-10-16(18)15-23(2,3)19(20)21(26)25(22)17-11-6-5-7-12-17/h4-13H,1,14-15H2,2-3H3. The van der Waals surface area contributed by atoms with Crippen LogP contribution in [-0.2, 0) is 11.8 Å². The molecular formula is C23H22N2OS. The summed E-state index contributed by atoms with van der Waals surface area (Å²) in [4.78, 5) is 18.7. The minimum atomic E-state index is -0.272. The molecule has 0 N–H and O–H groups in total. The molecule has 0 atom stereocenters. The highest BCUT2D eigenvalue weighted by atomic mass is 32.2. The van der Waals surface area contributed by atoms with Crippen LogP contribution in [0.5, 0.6) is 0 Å². The summed E-state index contributed by atoms with van der Waals surface area (Å²) in [5.74, 6) is 0.698. The van der Waals surface area contributed by atoms with E-state index in [2.05, 4.69) is 38.6 Å². The van der Waals surface area contributed by atoms with Gasteiger partial charge in [0.25, 0.3) is 5.56 Å². The van der Waals surface area contributed by atoms with Gasteiger partial charge in [0.2, 0.25) is 0 Å². The highest BCUT2D eigenvalue weighted by Crippen LogP contribution is 2.41. The molecule has 0 spiro atoms. The smallest absolute Gasteiger partial charge is 0.263 e. The first-order valence-corrected chi connectivity index (χ1v) is 10.1. The molecule has 27 heavy (non-hydrogen) atoms.